The number of halogens is 1. The zero-order chi connectivity index (χ0) is 17.3. The number of carbonyl (C=O) groups is 1. The lowest BCUT2D eigenvalue weighted by Gasteiger charge is -2.35. The van der Waals surface area contributed by atoms with E-state index in [-0.39, 0.29) is 6.09 Å². The highest BCUT2D eigenvalue weighted by Crippen LogP contribution is 2.21. The molecule has 1 aliphatic rings. The Kier molecular flexibility index (Phi) is 4.74. The average Bonchev–Trinajstić information content (AvgIpc) is 2.87. The van der Waals surface area contributed by atoms with Gasteiger partial charge in [-0.2, -0.15) is 0 Å². The molecule has 1 amide bonds. The second-order valence-electron chi connectivity index (χ2n) is 7.27. The molecule has 130 valence electrons. The summed E-state index contributed by atoms with van der Waals surface area (Å²) in [6, 6.07) is 8.00. The Morgan fingerprint density at radius 3 is 2.58 bits per heavy atom. The summed E-state index contributed by atoms with van der Waals surface area (Å²) in [6.45, 7) is 9.59. The van der Waals surface area contributed by atoms with Crippen molar-refractivity contribution in [1.29, 1.82) is 0 Å². The molecular formula is C18H24ClN3O2. The standard InChI is InChI=1S/C18H24ClN3O2/c1-18(2,3)24-17(23)22-8-6-21(7-9-22)12-15-11-13-10-14(19)4-5-16(13)20-15/h4-5,10-11,20H,6-9,12H2,1-3H3. The summed E-state index contributed by atoms with van der Waals surface area (Å²) in [5.74, 6) is 0. The Morgan fingerprint density at radius 2 is 1.92 bits per heavy atom. The van der Waals surface area contributed by atoms with E-state index < -0.39 is 5.60 Å². The molecule has 1 fully saturated rings. The fraction of sp³-hybridized carbons (Fsp3) is 0.500. The topological polar surface area (TPSA) is 48.6 Å². The first kappa shape index (κ1) is 17.1. The number of aromatic nitrogens is 1. The van der Waals surface area contributed by atoms with Crippen molar-refractivity contribution in [2.75, 3.05) is 26.2 Å². The number of ether oxygens (including phenoxy) is 1. The van der Waals surface area contributed by atoms with Crippen molar-refractivity contribution in [1.82, 2.24) is 14.8 Å². The molecule has 1 aromatic carbocycles. The number of carbonyl (C=O) groups excluding carboxylic acids is 1. The van der Waals surface area contributed by atoms with Crippen molar-refractivity contribution in [3.8, 4) is 0 Å². The third-order valence-electron chi connectivity index (χ3n) is 4.06. The van der Waals surface area contributed by atoms with Crippen LogP contribution in [0, 0.1) is 0 Å². The van der Waals surface area contributed by atoms with Gasteiger partial charge in [-0.1, -0.05) is 11.6 Å². The van der Waals surface area contributed by atoms with E-state index in [1.54, 1.807) is 4.90 Å². The molecule has 0 aliphatic carbocycles. The zero-order valence-electron chi connectivity index (χ0n) is 14.4. The van der Waals surface area contributed by atoms with E-state index in [0.29, 0.717) is 13.1 Å². The number of nitrogens with one attached hydrogen (secondary N) is 1. The molecule has 24 heavy (non-hydrogen) atoms. The van der Waals surface area contributed by atoms with Crippen LogP contribution in [0.5, 0.6) is 0 Å². The summed E-state index contributed by atoms with van der Waals surface area (Å²) in [7, 11) is 0. The lowest BCUT2D eigenvalue weighted by Crippen LogP contribution is -2.49. The molecule has 0 unspecified atom stereocenters. The highest BCUT2D eigenvalue weighted by atomic mass is 35.5. The lowest BCUT2D eigenvalue weighted by atomic mass is 10.2. The number of piperazine rings is 1. The number of hydrogen-bond donors (Lipinski definition) is 1. The van der Waals surface area contributed by atoms with Gasteiger partial charge in [-0.15, -0.1) is 0 Å². The SMILES string of the molecule is CC(C)(C)OC(=O)N1CCN(Cc2cc3cc(Cl)ccc3[nH]2)CC1. The van der Waals surface area contributed by atoms with Crippen LogP contribution in [0.1, 0.15) is 26.5 Å². The number of fused-ring (bicyclic) bond motifs is 1. The molecule has 0 radical (unpaired) electrons. The van der Waals surface area contributed by atoms with Crippen LogP contribution in [0.3, 0.4) is 0 Å². The molecule has 1 N–H and O–H groups in total. The molecule has 0 saturated carbocycles. The van der Waals surface area contributed by atoms with Crippen LogP contribution in [0.4, 0.5) is 4.79 Å². The Morgan fingerprint density at radius 1 is 1.21 bits per heavy atom. The van der Waals surface area contributed by atoms with Crippen molar-refractivity contribution in [3.63, 3.8) is 0 Å². The molecule has 0 spiro atoms. The van der Waals surface area contributed by atoms with Crippen LogP contribution in [0.15, 0.2) is 24.3 Å². The molecule has 3 rings (SSSR count). The Hall–Kier alpha value is -1.72. The van der Waals surface area contributed by atoms with Gasteiger partial charge in [-0.3, -0.25) is 4.90 Å². The third-order valence-corrected chi connectivity index (χ3v) is 4.29. The number of aromatic amines is 1. The number of nitrogens with zero attached hydrogens (tertiary/aromatic N) is 2. The quantitative estimate of drug-likeness (QED) is 0.895. The lowest BCUT2D eigenvalue weighted by molar-refractivity contribution is 0.0138. The molecule has 5 nitrogen and oxygen atoms in total. The normalized spacial score (nSPS) is 16.6. The number of hydrogen-bond acceptors (Lipinski definition) is 3. The van der Waals surface area contributed by atoms with Gasteiger partial charge in [0.1, 0.15) is 5.60 Å². The van der Waals surface area contributed by atoms with Gasteiger partial charge in [0.2, 0.25) is 0 Å². The summed E-state index contributed by atoms with van der Waals surface area (Å²) < 4.78 is 5.43. The summed E-state index contributed by atoms with van der Waals surface area (Å²) >= 11 is 6.04. The summed E-state index contributed by atoms with van der Waals surface area (Å²) in [5, 5.41) is 1.88. The van der Waals surface area contributed by atoms with Crippen LogP contribution in [-0.4, -0.2) is 52.7 Å². The van der Waals surface area contributed by atoms with Crippen molar-refractivity contribution in [2.45, 2.75) is 32.9 Å². The van der Waals surface area contributed by atoms with E-state index in [9.17, 15) is 4.79 Å². The maximum atomic E-state index is 12.1. The largest absolute Gasteiger partial charge is 0.444 e. The summed E-state index contributed by atoms with van der Waals surface area (Å²) in [6.07, 6.45) is -0.220. The summed E-state index contributed by atoms with van der Waals surface area (Å²) in [5.41, 5.74) is 1.82. The van der Waals surface area contributed by atoms with E-state index in [1.807, 2.05) is 39.0 Å². The van der Waals surface area contributed by atoms with Gasteiger partial charge in [0.05, 0.1) is 0 Å². The molecule has 0 bridgehead atoms. The molecule has 2 heterocycles. The second-order valence-corrected chi connectivity index (χ2v) is 7.71. The van der Waals surface area contributed by atoms with Gasteiger partial charge in [-0.25, -0.2) is 4.79 Å². The average molecular weight is 350 g/mol. The number of benzene rings is 1. The van der Waals surface area contributed by atoms with E-state index in [0.717, 1.165) is 41.3 Å². The molecule has 1 saturated heterocycles. The fourth-order valence-corrected chi connectivity index (χ4v) is 3.09. The number of amides is 1. The molecule has 1 aromatic heterocycles. The van der Waals surface area contributed by atoms with Crippen LogP contribution >= 0.6 is 11.6 Å². The Bertz CT molecular complexity index is 727. The number of H-pyrrole nitrogens is 1. The molecule has 2 aromatic rings. The van der Waals surface area contributed by atoms with E-state index in [2.05, 4.69) is 16.0 Å². The van der Waals surface area contributed by atoms with Crippen molar-refractivity contribution in [3.05, 3.63) is 35.0 Å². The first-order chi connectivity index (χ1) is 11.3. The van der Waals surface area contributed by atoms with Crippen molar-refractivity contribution in [2.24, 2.45) is 0 Å². The van der Waals surface area contributed by atoms with E-state index in [1.165, 1.54) is 0 Å². The van der Waals surface area contributed by atoms with Gasteiger partial charge < -0.3 is 14.6 Å². The molecule has 6 heteroatoms. The second kappa shape index (κ2) is 6.65. The van der Waals surface area contributed by atoms with Crippen molar-refractivity contribution >= 4 is 28.6 Å². The highest BCUT2D eigenvalue weighted by Gasteiger charge is 2.25. The van der Waals surface area contributed by atoms with Gasteiger partial charge >= 0.3 is 6.09 Å². The van der Waals surface area contributed by atoms with Gasteiger partial charge in [0.15, 0.2) is 0 Å². The van der Waals surface area contributed by atoms with E-state index in [4.69, 9.17) is 16.3 Å². The monoisotopic (exact) mass is 349 g/mol. The molecule has 0 atom stereocenters. The van der Waals surface area contributed by atoms with Crippen LogP contribution in [0.25, 0.3) is 10.9 Å². The minimum Gasteiger partial charge on any atom is -0.444 e. The predicted octanol–water partition coefficient (Wildman–Crippen LogP) is 3.87. The highest BCUT2D eigenvalue weighted by molar-refractivity contribution is 6.31. The maximum absolute atomic E-state index is 12.1. The smallest absolute Gasteiger partial charge is 0.410 e. The fourth-order valence-electron chi connectivity index (χ4n) is 2.90. The number of rotatable bonds is 2. The van der Waals surface area contributed by atoms with Gasteiger partial charge in [0, 0.05) is 54.3 Å². The maximum Gasteiger partial charge on any atom is 0.410 e. The van der Waals surface area contributed by atoms with Gasteiger partial charge in [-0.05, 0) is 45.0 Å². The third kappa shape index (κ3) is 4.22. The van der Waals surface area contributed by atoms with Crippen LogP contribution in [-0.2, 0) is 11.3 Å². The summed E-state index contributed by atoms with van der Waals surface area (Å²) in [4.78, 5) is 19.6. The van der Waals surface area contributed by atoms with Crippen LogP contribution in [0.2, 0.25) is 5.02 Å². The minimum absolute atomic E-state index is 0.220. The Labute approximate surface area is 147 Å². The van der Waals surface area contributed by atoms with Crippen LogP contribution < -0.4 is 0 Å². The first-order valence-corrected chi connectivity index (χ1v) is 8.65. The zero-order valence-corrected chi connectivity index (χ0v) is 15.2. The Balaban J connectivity index is 1.55. The molecular weight excluding hydrogens is 326 g/mol. The van der Waals surface area contributed by atoms with Crippen molar-refractivity contribution < 1.29 is 9.53 Å². The molecule has 1 aliphatic heterocycles. The van der Waals surface area contributed by atoms with E-state index >= 15 is 0 Å². The van der Waals surface area contributed by atoms with Gasteiger partial charge in [0.25, 0.3) is 0 Å². The minimum atomic E-state index is -0.445. The predicted molar refractivity (Wildman–Crippen MR) is 96.4 cm³/mol. The first-order valence-electron chi connectivity index (χ1n) is 8.28.